The largest absolute Gasteiger partial charge is 0.494 e. The third-order valence-electron chi connectivity index (χ3n) is 2.65. The molecular weight excluding hydrogens is 242 g/mol. The van der Waals surface area contributed by atoms with Gasteiger partial charge < -0.3 is 15.2 Å². The van der Waals surface area contributed by atoms with Gasteiger partial charge >= 0.3 is 5.97 Å². The Hall–Kier alpha value is -1.81. The van der Waals surface area contributed by atoms with Gasteiger partial charge in [-0.3, -0.25) is 0 Å². The predicted molar refractivity (Wildman–Crippen MR) is 75.7 cm³/mol. The second-order valence-electron chi connectivity index (χ2n) is 4.23. The average Bonchev–Trinajstić information content (AvgIpc) is 2.36. The lowest BCUT2D eigenvalue weighted by atomic mass is 10.1. The number of aliphatic carboxylic acids is 1. The van der Waals surface area contributed by atoms with Crippen LogP contribution >= 0.6 is 0 Å². The molecule has 0 saturated carbocycles. The zero-order chi connectivity index (χ0) is 14.1. The summed E-state index contributed by atoms with van der Waals surface area (Å²) in [6, 6.07) is 6.19. The smallest absolute Gasteiger partial charge is 0.328 e. The molecule has 0 saturated heterocycles. The number of rotatable bonds is 8. The number of carbonyl (C=O) groups is 1. The number of nitrogens with one attached hydrogen (secondary N) is 1. The summed E-state index contributed by atoms with van der Waals surface area (Å²) < 4.78 is 5.49. The van der Waals surface area contributed by atoms with Crippen LogP contribution in [-0.4, -0.2) is 30.8 Å². The van der Waals surface area contributed by atoms with Gasteiger partial charge in [-0.15, -0.1) is 0 Å². The van der Waals surface area contributed by atoms with Crippen molar-refractivity contribution in [3.05, 3.63) is 41.5 Å². The summed E-state index contributed by atoms with van der Waals surface area (Å²) in [6.45, 7) is 6.08. The minimum Gasteiger partial charge on any atom is -0.494 e. The monoisotopic (exact) mass is 263 g/mol. The first kappa shape index (κ1) is 15.2. The molecule has 19 heavy (non-hydrogen) atoms. The van der Waals surface area contributed by atoms with Crippen LogP contribution in [0.3, 0.4) is 0 Å². The number of carboxylic acids is 1. The van der Waals surface area contributed by atoms with E-state index in [1.807, 2.05) is 19.9 Å². The van der Waals surface area contributed by atoms with E-state index in [1.54, 1.807) is 6.08 Å². The number of benzene rings is 1. The molecule has 0 radical (unpaired) electrons. The Bertz CT molecular complexity index is 441. The highest BCUT2D eigenvalue weighted by Gasteiger charge is 2.00. The normalized spacial score (nSPS) is 10.8. The van der Waals surface area contributed by atoms with Crippen molar-refractivity contribution in [2.45, 2.75) is 20.3 Å². The topological polar surface area (TPSA) is 58.6 Å². The maximum atomic E-state index is 10.2. The molecule has 0 unspecified atom stereocenters. The van der Waals surface area contributed by atoms with Crippen molar-refractivity contribution in [1.29, 1.82) is 0 Å². The Morgan fingerprint density at radius 2 is 2.26 bits per heavy atom. The van der Waals surface area contributed by atoms with Crippen molar-refractivity contribution < 1.29 is 14.6 Å². The molecule has 1 aromatic carbocycles. The number of hydrogen-bond donors (Lipinski definition) is 2. The average molecular weight is 263 g/mol. The van der Waals surface area contributed by atoms with E-state index in [9.17, 15) is 4.79 Å². The Kier molecular flexibility index (Phi) is 6.68. The molecule has 104 valence electrons. The molecule has 0 spiro atoms. The minimum absolute atomic E-state index is 0.572. The zero-order valence-electron chi connectivity index (χ0n) is 11.5. The van der Waals surface area contributed by atoms with E-state index in [1.165, 1.54) is 5.56 Å². The van der Waals surface area contributed by atoms with Crippen LogP contribution in [0, 0.1) is 6.92 Å². The van der Waals surface area contributed by atoms with E-state index in [0.717, 1.165) is 30.4 Å². The summed E-state index contributed by atoms with van der Waals surface area (Å²) in [5.74, 6) is 0.0209. The second-order valence-corrected chi connectivity index (χ2v) is 4.23. The van der Waals surface area contributed by atoms with Crippen LogP contribution in [0.25, 0.3) is 0 Å². The summed E-state index contributed by atoms with van der Waals surface area (Å²) in [5.41, 5.74) is 2.39. The lowest BCUT2D eigenvalue weighted by Gasteiger charge is -2.09. The predicted octanol–water partition coefficient (Wildman–Crippen LogP) is 2.17. The molecule has 0 atom stereocenters. The summed E-state index contributed by atoms with van der Waals surface area (Å²) in [7, 11) is 0. The summed E-state index contributed by atoms with van der Waals surface area (Å²) in [6.07, 6.45) is 3.66. The Balaban J connectivity index is 2.33. The van der Waals surface area contributed by atoms with Crippen LogP contribution < -0.4 is 10.1 Å². The highest BCUT2D eigenvalue weighted by atomic mass is 16.5. The van der Waals surface area contributed by atoms with E-state index in [2.05, 4.69) is 17.4 Å². The van der Waals surface area contributed by atoms with Gasteiger partial charge in [0, 0.05) is 12.6 Å². The fraction of sp³-hybridized carbons (Fsp3) is 0.400. The molecule has 2 N–H and O–H groups in total. The van der Waals surface area contributed by atoms with Crippen molar-refractivity contribution in [2.75, 3.05) is 19.7 Å². The maximum Gasteiger partial charge on any atom is 0.328 e. The van der Waals surface area contributed by atoms with Crippen LogP contribution in [-0.2, 0) is 11.2 Å². The molecule has 0 amide bonds. The van der Waals surface area contributed by atoms with E-state index in [4.69, 9.17) is 9.84 Å². The van der Waals surface area contributed by atoms with Gasteiger partial charge in [-0.05, 0) is 44.0 Å². The Morgan fingerprint density at radius 3 is 2.89 bits per heavy atom. The molecule has 0 aliphatic carbocycles. The van der Waals surface area contributed by atoms with Crippen molar-refractivity contribution in [2.24, 2.45) is 0 Å². The lowest BCUT2D eigenvalue weighted by molar-refractivity contribution is -0.131. The van der Waals surface area contributed by atoms with Crippen LogP contribution in [0.5, 0.6) is 5.75 Å². The Labute approximate surface area is 114 Å². The van der Waals surface area contributed by atoms with Crippen LogP contribution in [0.4, 0.5) is 0 Å². The lowest BCUT2D eigenvalue weighted by Crippen LogP contribution is -2.17. The summed E-state index contributed by atoms with van der Waals surface area (Å²) in [4.78, 5) is 10.2. The van der Waals surface area contributed by atoms with Crippen molar-refractivity contribution in [1.82, 2.24) is 5.32 Å². The van der Waals surface area contributed by atoms with Crippen LogP contribution in [0.2, 0.25) is 0 Å². The van der Waals surface area contributed by atoms with Crippen molar-refractivity contribution >= 4 is 5.97 Å². The first-order valence-electron chi connectivity index (χ1n) is 6.46. The fourth-order valence-corrected chi connectivity index (χ4v) is 1.76. The van der Waals surface area contributed by atoms with Crippen molar-refractivity contribution in [3.8, 4) is 5.75 Å². The zero-order valence-corrected chi connectivity index (χ0v) is 11.5. The molecule has 0 bridgehead atoms. The van der Waals surface area contributed by atoms with Gasteiger partial charge in [-0.2, -0.15) is 0 Å². The third kappa shape index (κ3) is 6.06. The summed E-state index contributed by atoms with van der Waals surface area (Å²) >= 11 is 0. The van der Waals surface area contributed by atoms with Crippen molar-refractivity contribution in [3.63, 3.8) is 0 Å². The molecule has 0 aromatic heterocycles. The maximum absolute atomic E-state index is 10.2. The van der Waals surface area contributed by atoms with Gasteiger partial charge in [-0.1, -0.05) is 18.2 Å². The molecule has 1 rings (SSSR count). The van der Waals surface area contributed by atoms with E-state index >= 15 is 0 Å². The highest BCUT2D eigenvalue weighted by Crippen LogP contribution is 2.19. The van der Waals surface area contributed by atoms with E-state index in [-0.39, 0.29) is 0 Å². The fourth-order valence-electron chi connectivity index (χ4n) is 1.76. The van der Waals surface area contributed by atoms with E-state index < -0.39 is 5.97 Å². The van der Waals surface area contributed by atoms with Gasteiger partial charge in [-0.25, -0.2) is 4.79 Å². The summed E-state index contributed by atoms with van der Waals surface area (Å²) in [5, 5.41) is 11.6. The molecule has 1 aromatic rings. The number of hydrogen-bond acceptors (Lipinski definition) is 3. The minimum atomic E-state index is -0.913. The quantitative estimate of drug-likeness (QED) is 0.557. The highest BCUT2D eigenvalue weighted by molar-refractivity contribution is 5.79. The number of carboxylic acid groups (broad SMARTS) is 1. The van der Waals surface area contributed by atoms with Gasteiger partial charge in [0.1, 0.15) is 5.75 Å². The first-order valence-corrected chi connectivity index (χ1v) is 6.46. The number of ether oxygens (including phenoxy) is 1. The van der Waals surface area contributed by atoms with Gasteiger partial charge in [0.25, 0.3) is 0 Å². The van der Waals surface area contributed by atoms with Gasteiger partial charge in [0.15, 0.2) is 0 Å². The molecule has 0 fully saturated rings. The second kappa shape index (κ2) is 8.32. The molecule has 0 aliphatic heterocycles. The molecule has 4 heteroatoms. The van der Waals surface area contributed by atoms with Crippen LogP contribution in [0.15, 0.2) is 30.4 Å². The Morgan fingerprint density at radius 1 is 1.47 bits per heavy atom. The molecule has 0 heterocycles. The SMILES string of the molecule is CCOc1ccc(CCNC/C=C/C(=O)O)cc1C. The molecule has 0 aliphatic rings. The standard InChI is InChI=1S/C15H21NO3/c1-3-19-14-7-6-13(11-12(14)2)8-10-16-9-4-5-15(17)18/h4-7,11,16H,3,8-10H2,1-2H3,(H,17,18)/b5-4+. The molecule has 4 nitrogen and oxygen atoms in total. The van der Waals surface area contributed by atoms with Crippen LogP contribution in [0.1, 0.15) is 18.1 Å². The van der Waals surface area contributed by atoms with Gasteiger partial charge in [0.05, 0.1) is 6.61 Å². The van der Waals surface area contributed by atoms with Gasteiger partial charge in [0.2, 0.25) is 0 Å². The number of aryl methyl sites for hydroxylation is 1. The first-order chi connectivity index (χ1) is 9.13. The van der Waals surface area contributed by atoms with E-state index in [0.29, 0.717) is 13.2 Å². The third-order valence-corrected chi connectivity index (χ3v) is 2.65. The molecular formula is C15H21NO3.